The van der Waals surface area contributed by atoms with Gasteiger partial charge in [-0.2, -0.15) is 0 Å². The van der Waals surface area contributed by atoms with Crippen LogP contribution in [0.3, 0.4) is 0 Å². The molecule has 0 aromatic heterocycles. The van der Waals surface area contributed by atoms with Crippen molar-refractivity contribution >= 4 is 5.69 Å². The van der Waals surface area contributed by atoms with Gasteiger partial charge in [-0.25, -0.2) is 0 Å². The Hall–Kier alpha value is -1.22. The van der Waals surface area contributed by atoms with E-state index in [0.29, 0.717) is 5.92 Å². The predicted octanol–water partition coefficient (Wildman–Crippen LogP) is 1.80. The van der Waals surface area contributed by atoms with E-state index in [1.165, 1.54) is 12.8 Å². The SMILES string of the molecule is COc1cccc2c1NC(C1CC1)C(O)C2. The van der Waals surface area contributed by atoms with Crippen LogP contribution in [0.1, 0.15) is 18.4 Å². The third kappa shape index (κ3) is 1.55. The summed E-state index contributed by atoms with van der Waals surface area (Å²) in [6.45, 7) is 0. The number of ether oxygens (including phenoxy) is 1. The molecule has 1 aromatic rings. The summed E-state index contributed by atoms with van der Waals surface area (Å²) in [6.07, 6.45) is 2.95. The largest absolute Gasteiger partial charge is 0.495 e. The molecule has 1 fully saturated rings. The second-order valence-electron chi connectivity index (χ2n) is 4.77. The maximum Gasteiger partial charge on any atom is 0.142 e. The number of methoxy groups -OCH3 is 1. The minimum absolute atomic E-state index is 0.212. The summed E-state index contributed by atoms with van der Waals surface area (Å²) in [5.41, 5.74) is 2.23. The standard InChI is InChI=1S/C13H17NO2/c1-16-11-4-2-3-9-7-10(15)12(8-5-6-8)14-13(9)11/h2-4,8,10,12,14-15H,5-7H2,1H3. The van der Waals surface area contributed by atoms with Crippen LogP contribution in [0.2, 0.25) is 0 Å². The minimum Gasteiger partial charge on any atom is -0.495 e. The number of hydrogen-bond acceptors (Lipinski definition) is 3. The molecule has 1 heterocycles. The molecule has 0 radical (unpaired) electrons. The molecule has 1 aliphatic carbocycles. The number of fused-ring (bicyclic) bond motifs is 1. The van der Waals surface area contributed by atoms with Crippen LogP contribution in [0, 0.1) is 5.92 Å². The Morgan fingerprint density at radius 1 is 1.38 bits per heavy atom. The lowest BCUT2D eigenvalue weighted by Crippen LogP contribution is -2.40. The molecule has 1 aliphatic heterocycles. The lowest BCUT2D eigenvalue weighted by molar-refractivity contribution is 0.139. The van der Waals surface area contributed by atoms with Gasteiger partial charge in [0.25, 0.3) is 0 Å². The van der Waals surface area contributed by atoms with Gasteiger partial charge in [0.1, 0.15) is 5.75 Å². The van der Waals surface area contributed by atoms with Crippen LogP contribution in [0.25, 0.3) is 0 Å². The van der Waals surface area contributed by atoms with E-state index >= 15 is 0 Å². The van der Waals surface area contributed by atoms with Crippen LogP contribution in [0.15, 0.2) is 18.2 Å². The van der Waals surface area contributed by atoms with Crippen LogP contribution in [0.4, 0.5) is 5.69 Å². The average molecular weight is 219 g/mol. The van der Waals surface area contributed by atoms with Crippen LogP contribution < -0.4 is 10.1 Å². The number of aliphatic hydroxyl groups excluding tert-OH is 1. The highest BCUT2D eigenvalue weighted by Crippen LogP contribution is 2.42. The van der Waals surface area contributed by atoms with E-state index < -0.39 is 0 Å². The molecular weight excluding hydrogens is 202 g/mol. The van der Waals surface area contributed by atoms with Gasteiger partial charge in [-0.3, -0.25) is 0 Å². The van der Waals surface area contributed by atoms with Crippen molar-refractivity contribution in [1.82, 2.24) is 0 Å². The lowest BCUT2D eigenvalue weighted by Gasteiger charge is -2.32. The molecule has 16 heavy (non-hydrogen) atoms. The van der Waals surface area contributed by atoms with Gasteiger partial charge >= 0.3 is 0 Å². The van der Waals surface area contributed by atoms with Gasteiger partial charge in [0.05, 0.1) is 24.9 Å². The fourth-order valence-corrected chi connectivity index (χ4v) is 2.58. The smallest absolute Gasteiger partial charge is 0.142 e. The predicted molar refractivity (Wildman–Crippen MR) is 62.8 cm³/mol. The molecule has 1 aromatic carbocycles. The Labute approximate surface area is 95.4 Å². The summed E-state index contributed by atoms with van der Waals surface area (Å²) in [7, 11) is 1.69. The normalized spacial score (nSPS) is 28.1. The Kier molecular flexibility index (Phi) is 2.28. The fraction of sp³-hybridized carbons (Fsp3) is 0.538. The van der Waals surface area contributed by atoms with Gasteiger partial charge < -0.3 is 15.2 Å². The fourth-order valence-electron chi connectivity index (χ4n) is 2.58. The summed E-state index contributed by atoms with van der Waals surface area (Å²) in [5, 5.41) is 13.5. The number of benzene rings is 1. The molecule has 2 atom stereocenters. The van der Waals surface area contributed by atoms with Crippen molar-refractivity contribution in [3.05, 3.63) is 23.8 Å². The van der Waals surface area contributed by atoms with Crippen LogP contribution >= 0.6 is 0 Å². The molecule has 3 nitrogen and oxygen atoms in total. The first-order valence-corrected chi connectivity index (χ1v) is 5.90. The van der Waals surface area contributed by atoms with E-state index in [9.17, 15) is 5.11 Å². The highest BCUT2D eigenvalue weighted by atomic mass is 16.5. The molecule has 2 N–H and O–H groups in total. The van der Waals surface area contributed by atoms with E-state index in [1.54, 1.807) is 7.11 Å². The topological polar surface area (TPSA) is 41.5 Å². The molecule has 2 aliphatic rings. The maximum absolute atomic E-state index is 10.1. The second-order valence-corrected chi connectivity index (χ2v) is 4.77. The molecule has 3 heteroatoms. The number of rotatable bonds is 2. The van der Waals surface area contributed by atoms with Crippen LogP contribution in [0.5, 0.6) is 5.75 Å². The van der Waals surface area contributed by atoms with E-state index in [0.717, 1.165) is 23.4 Å². The molecule has 2 unspecified atom stereocenters. The van der Waals surface area contributed by atoms with Crippen molar-refractivity contribution in [2.75, 3.05) is 12.4 Å². The molecule has 0 spiro atoms. The lowest BCUT2D eigenvalue weighted by atomic mass is 9.92. The number of para-hydroxylation sites is 1. The first-order valence-electron chi connectivity index (χ1n) is 5.90. The highest BCUT2D eigenvalue weighted by molar-refractivity contribution is 5.64. The highest BCUT2D eigenvalue weighted by Gasteiger charge is 2.39. The third-order valence-electron chi connectivity index (χ3n) is 3.62. The van der Waals surface area contributed by atoms with Gasteiger partial charge in [-0.05, 0) is 30.4 Å². The van der Waals surface area contributed by atoms with E-state index in [2.05, 4.69) is 11.4 Å². The summed E-state index contributed by atoms with van der Waals surface area (Å²) in [4.78, 5) is 0. The van der Waals surface area contributed by atoms with Crippen molar-refractivity contribution in [1.29, 1.82) is 0 Å². The molecule has 86 valence electrons. The Morgan fingerprint density at radius 3 is 2.88 bits per heavy atom. The first-order chi connectivity index (χ1) is 7.79. The maximum atomic E-state index is 10.1. The monoisotopic (exact) mass is 219 g/mol. The van der Waals surface area contributed by atoms with Crippen molar-refractivity contribution in [3.63, 3.8) is 0 Å². The summed E-state index contributed by atoms with van der Waals surface area (Å²) in [5.74, 6) is 1.53. The van der Waals surface area contributed by atoms with Crippen LogP contribution in [-0.4, -0.2) is 24.4 Å². The zero-order valence-corrected chi connectivity index (χ0v) is 9.44. The molecule has 0 amide bonds. The third-order valence-corrected chi connectivity index (χ3v) is 3.62. The minimum atomic E-state index is -0.257. The number of nitrogens with one attached hydrogen (secondary N) is 1. The molecular formula is C13H17NO2. The molecule has 1 saturated carbocycles. The summed E-state index contributed by atoms with van der Waals surface area (Å²) >= 11 is 0. The molecule has 0 saturated heterocycles. The summed E-state index contributed by atoms with van der Waals surface area (Å²) in [6, 6.07) is 6.21. The van der Waals surface area contributed by atoms with Gasteiger partial charge in [-0.1, -0.05) is 12.1 Å². The number of aliphatic hydroxyl groups is 1. The summed E-state index contributed by atoms with van der Waals surface area (Å²) < 4.78 is 5.35. The van der Waals surface area contributed by atoms with E-state index in [-0.39, 0.29) is 12.1 Å². The van der Waals surface area contributed by atoms with E-state index in [4.69, 9.17) is 4.74 Å². The number of hydrogen-bond donors (Lipinski definition) is 2. The van der Waals surface area contributed by atoms with Gasteiger partial charge in [0, 0.05) is 6.42 Å². The Bertz CT molecular complexity index is 401. The molecule has 3 rings (SSSR count). The first kappa shape index (κ1) is 9.97. The number of anilines is 1. The van der Waals surface area contributed by atoms with Crippen molar-refractivity contribution in [2.24, 2.45) is 5.92 Å². The zero-order valence-electron chi connectivity index (χ0n) is 9.44. The van der Waals surface area contributed by atoms with Crippen molar-refractivity contribution in [3.8, 4) is 5.75 Å². The molecule has 0 bridgehead atoms. The average Bonchev–Trinajstić information content (AvgIpc) is 3.11. The van der Waals surface area contributed by atoms with Gasteiger partial charge in [-0.15, -0.1) is 0 Å². The van der Waals surface area contributed by atoms with Gasteiger partial charge in [0.15, 0.2) is 0 Å². The Balaban J connectivity index is 1.95. The van der Waals surface area contributed by atoms with Gasteiger partial charge in [0.2, 0.25) is 0 Å². The van der Waals surface area contributed by atoms with Crippen molar-refractivity contribution in [2.45, 2.75) is 31.4 Å². The zero-order chi connectivity index (χ0) is 11.1. The van der Waals surface area contributed by atoms with E-state index in [1.807, 2.05) is 12.1 Å². The van der Waals surface area contributed by atoms with Crippen molar-refractivity contribution < 1.29 is 9.84 Å². The Morgan fingerprint density at radius 2 is 2.19 bits per heavy atom. The quantitative estimate of drug-likeness (QED) is 0.797. The van der Waals surface area contributed by atoms with Crippen LogP contribution in [-0.2, 0) is 6.42 Å². The second kappa shape index (κ2) is 3.67.